The van der Waals surface area contributed by atoms with Crippen LogP contribution in [0.25, 0.3) is 0 Å². The zero-order chi connectivity index (χ0) is 13.8. The van der Waals surface area contributed by atoms with Gasteiger partial charge in [-0.2, -0.15) is 11.8 Å². The van der Waals surface area contributed by atoms with Gasteiger partial charge >= 0.3 is 0 Å². The molecule has 0 aromatic carbocycles. The molecule has 1 aliphatic heterocycles. The van der Waals surface area contributed by atoms with Crippen LogP contribution in [0.2, 0.25) is 0 Å². The van der Waals surface area contributed by atoms with Crippen molar-refractivity contribution in [1.29, 1.82) is 0 Å². The number of guanidine groups is 1. The number of nitrogens with zero attached hydrogens (tertiary/aromatic N) is 1. The molecule has 0 saturated carbocycles. The molecule has 1 saturated heterocycles. The number of unbranched alkanes of at least 4 members (excludes halogenated alkanes) is 1. The second-order valence-corrected chi connectivity index (χ2v) is 6.16. The minimum Gasteiger partial charge on any atom is -0.380 e. The lowest BCUT2D eigenvalue weighted by Crippen LogP contribution is -2.39. The van der Waals surface area contributed by atoms with E-state index in [1.54, 1.807) is 0 Å². The average Bonchev–Trinajstić information content (AvgIpc) is 2.93. The molecule has 112 valence electrons. The summed E-state index contributed by atoms with van der Waals surface area (Å²) in [5, 5.41) is 7.33. The molecule has 0 spiro atoms. The van der Waals surface area contributed by atoms with Crippen LogP contribution in [0, 0.1) is 0 Å². The predicted octanol–water partition coefficient (Wildman–Crippen LogP) is 2.25. The van der Waals surface area contributed by atoms with Gasteiger partial charge in [-0.1, -0.05) is 13.3 Å². The number of aliphatic imine (C=N–C) groups is 1. The largest absolute Gasteiger partial charge is 0.380 e. The third-order valence-electron chi connectivity index (χ3n) is 3.00. The second-order valence-electron chi connectivity index (χ2n) is 4.75. The number of thioether (sulfide) groups is 1. The van der Waals surface area contributed by atoms with Crippen molar-refractivity contribution >= 4 is 17.7 Å². The van der Waals surface area contributed by atoms with Crippen molar-refractivity contribution in [2.45, 2.75) is 44.8 Å². The van der Waals surface area contributed by atoms with Gasteiger partial charge in [-0.25, -0.2) is 0 Å². The van der Waals surface area contributed by atoms with Crippen LogP contribution < -0.4 is 10.6 Å². The van der Waals surface area contributed by atoms with E-state index in [4.69, 9.17) is 4.74 Å². The first-order valence-corrected chi connectivity index (χ1v) is 8.63. The molecule has 0 aromatic heterocycles. The highest BCUT2D eigenvalue weighted by Gasteiger charge is 2.14. The number of ether oxygens (including phenoxy) is 1. The van der Waals surface area contributed by atoms with E-state index in [1.807, 2.05) is 0 Å². The van der Waals surface area contributed by atoms with Gasteiger partial charge in [-0.15, -0.1) is 0 Å². The van der Waals surface area contributed by atoms with Crippen LogP contribution in [-0.2, 0) is 4.74 Å². The van der Waals surface area contributed by atoms with E-state index in [2.05, 4.69) is 41.2 Å². The maximum atomic E-state index is 5.53. The van der Waals surface area contributed by atoms with Gasteiger partial charge in [0.25, 0.3) is 0 Å². The molecular formula is C14H29N3OS. The molecular weight excluding hydrogens is 258 g/mol. The fourth-order valence-electron chi connectivity index (χ4n) is 1.91. The van der Waals surface area contributed by atoms with Crippen molar-refractivity contribution in [3.63, 3.8) is 0 Å². The first-order chi connectivity index (χ1) is 9.36. The van der Waals surface area contributed by atoms with Gasteiger partial charge in [-0.05, 0) is 31.9 Å². The molecule has 1 aliphatic rings. The smallest absolute Gasteiger partial charge is 0.191 e. The van der Waals surface area contributed by atoms with Gasteiger partial charge < -0.3 is 15.4 Å². The molecule has 0 bridgehead atoms. The summed E-state index contributed by atoms with van der Waals surface area (Å²) in [4.78, 5) is 4.65. The molecule has 0 radical (unpaired) electrons. The summed E-state index contributed by atoms with van der Waals surface area (Å²) in [5.74, 6) is 2.23. The Morgan fingerprint density at radius 1 is 1.32 bits per heavy atom. The van der Waals surface area contributed by atoms with E-state index in [9.17, 15) is 0 Å². The number of hydrogen-bond acceptors (Lipinski definition) is 3. The van der Waals surface area contributed by atoms with Gasteiger partial charge in [0, 0.05) is 24.9 Å². The zero-order valence-electron chi connectivity index (χ0n) is 12.4. The molecule has 1 atom stereocenters. The maximum absolute atomic E-state index is 5.53. The summed E-state index contributed by atoms with van der Waals surface area (Å²) in [7, 11) is 0. The summed E-state index contributed by atoms with van der Waals surface area (Å²) in [5.41, 5.74) is 0. The highest BCUT2D eigenvalue weighted by Crippen LogP contribution is 2.25. The van der Waals surface area contributed by atoms with Gasteiger partial charge in [0.15, 0.2) is 5.96 Å². The number of nitrogens with one attached hydrogen (secondary N) is 2. The molecule has 4 nitrogen and oxygen atoms in total. The van der Waals surface area contributed by atoms with E-state index < -0.39 is 0 Å². The molecule has 5 heteroatoms. The van der Waals surface area contributed by atoms with Crippen molar-refractivity contribution in [3.05, 3.63) is 0 Å². The van der Waals surface area contributed by atoms with Crippen LogP contribution in [0.5, 0.6) is 0 Å². The van der Waals surface area contributed by atoms with Gasteiger partial charge in [0.1, 0.15) is 0 Å². The molecule has 0 aliphatic carbocycles. The van der Waals surface area contributed by atoms with E-state index in [1.165, 1.54) is 25.0 Å². The van der Waals surface area contributed by atoms with Crippen LogP contribution in [0.15, 0.2) is 4.99 Å². The van der Waals surface area contributed by atoms with Crippen molar-refractivity contribution in [3.8, 4) is 0 Å². The van der Waals surface area contributed by atoms with Crippen molar-refractivity contribution in [2.24, 2.45) is 4.99 Å². The zero-order valence-corrected chi connectivity index (χ0v) is 13.2. The third kappa shape index (κ3) is 8.37. The van der Waals surface area contributed by atoms with Gasteiger partial charge in [0.05, 0.1) is 13.2 Å². The molecule has 19 heavy (non-hydrogen) atoms. The molecule has 1 unspecified atom stereocenters. The van der Waals surface area contributed by atoms with Crippen LogP contribution in [0.3, 0.4) is 0 Å². The molecule has 0 aromatic rings. The quantitative estimate of drug-likeness (QED) is 0.388. The van der Waals surface area contributed by atoms with Crippen LogP contribution >= 0.6 is 11.8 Å². The average molecular weight is 287 g/mol. The Morgan fingerprint density at radius 2 is 2.21 bits per heavy atom. The Balaban J connectivity index is 2.13. The predicted molar refractivity (Wildman–Crippen MR) is 85.2 cm³/mol. The van der Waals surface area contributed by atoms with Crippen LogP contribution in [0.1, 0.15) is 39.5 Å². The maximum Gasteiger partial charge on any atom is 0.191 e. The highest BCUT2D eigenvalue weighted by molar-refractivity contribution is 8.00. The molecule has 1 fully saturated rings. The van der Waals surface area contributed by atoms with E-state index in [0.29, 0.717) is 0 Å². The molecule has 1 heterocycles. The normalized spacial score (nSPS) is 19.7. The van der Waals surface area contributed by atoms with Crippen LogP contribution in [0.4, 0.5) is 0 Å². The third-order valence-corrected chi connectivity index (χ3v) is 4.38. The number of rotatable bonds is 9. The summed E-state index contributed by atoms with van der Waals surface area (Å²) in [6.07, 6.45) is 5.00. The minimum atomic E-state index is 0.719. The van der Waals surface area contributed by atoms with Crippen LogP contribution in [-0.4, -0.2) is 49.8 Å². The fraction of sp³-hybridized carbons (Fsp3) is 0.929. The molecule has 2 N–H and O–H groups in total. The minimum absolute atomic E-state index is 0.719. The van der Waals surface area contributed by atoms with Gasteiger partial charge in [-0.3, -0.25) is 4.99 Å². The highest BCUT2D eigenvalue weighted by atomic mass is 32.2. The standard InChI is InChI=1S/C14H29N3OS/c1-3-5-9-18-10-8-16-14(15-4-2)17-12-13-7-6-11-19-13/h13H,3-12H2,1-2H3,(H2,15,16,17). The van der Waals surface area contributed by atoms with Crippen molar-refractivity contribution < 1.29 is 4.74 Å². The Kier molecular flexibility index (Phi) is 9.99. The summed E-state index contributed by atoms with van der Waals surface area (Å²) < 4.78 is 5.53. The topological polar surface area (TPSA) is 45.6 Å². The van der Waals surface area contributed by atoms with E-state index in [0.717, 1.165) is 50.5 Å². The Labute approximate surface area is 122 Å². The second kappa shape index (κ2) is 11.4. The summed E-state index contributed by atoms with van der Waals surface area (Å²) in [6.45, 7) is 8.55. The Hall–Kier alpha value is -0.420. The fourth-order valence-corrected chi connectivity index (χ4v) is 3.09. The molecule has 1 rings (SSSR count). The summed E-state index contributed by atoms with van der Waals surface area (Å²) in [6, 6.07) is 0. The summed E-state index contributed by atoms with van der Waals surface area (Å²) >= 11 is 2.05. The molecule has 0 amide bonds. The van der Waals surface area contributed by atoms with Crippen molar-refractivity contribution in [1.82, 2.24) is 10.6 Å². The SMILES string of the molecule is CCCCOCCNC(=NCC1CCCS1)NCC. The Morgan fingerprint density at radius 3 is 2.89 bits per heavy atom. The van der Waals surface area contributed by atoms with Crippen molar-refractivity contribution in [2.75, 3.05) is 38.6 Å². The Bertz CT molecular complexity index is 243. The lowest BCUT2D eigenvalue weighted by Gasteiger charge is -2.12. The van der Waals surface area contributed by atoms with E-state index >= 15 is 0 Å². The lowest BCUT2D eigenvalue weighted by molar-refractivity contribution is 0.136. The first-order valence-electron chi connectivity index (χ1n) is 7.58. The lowest BCUT2D eigenvalue weighted by atomic mass is 10.2. The number of hydrogen-bond donors (Lipinski definition) is 2. The van der Waals surface area contributed by atoms with E-state index in [-0.39, 0.29) is 0 Å². The van der Waals surface area contributed by atoms with Gasteiger partial charge in [0.2, 0.25) is 0 Å². The monoisotopic (exact) mass is 287 g/mol. The first kappa shape index (κ1) is 16.6.